The second kappa shape index (κ2) is 6.70. The lowest BCUT2D eigenvalue weighted by atomic mass is 10.0. The molecule has 4 nitrogen and oxygen atoms in total. The van der Waals surface area contributed by atoms with Crippen LogP contribution >= 0.6 is 0 Å². The summed E-state index contributed by atoms with van der Waals surface area (Å²) in [6.45, 7) is 5.05. The Hall–Kier alpha value is -1.62. The number of carbonyl (C=O) groups excluding carboxylic acids is 1. The van der Waals surface area contributed by atoms with Crippen LogP contribution in [0.5, 0.6) is 5.75 Å². The molecule has 1 aliphatic rings. The average Bonchev–Trinajstić information content (AvgIpc) is 2.92. The standard InChI is InChI=1S/C15H20FNO3/c1-10(12-6-7-19-9-12)17-15(18)11(2)20-14-5-3-4-13(16)8-14/h3-5,8,10-12H,6-7,9H2,1-2H3,(H,17,18)/t10-,11+,12+/m1/s1. The van der Waals surface area contributed by atoms with Gasteiger partial charge in [-0.3, -0.25) is 4.79 Å². The van der Waals surface area contributed by atoms with Gasteiger partial charge in [-0.1, -0.05) is 6.07 Å². The Balaban J connectivity index is 1.85. The smallest absolute Gasteiger partial charge is 0.260 e. The number of halogens is 1. The van der Waals surface area contributed by atoms with Crippen LogP contribution in [0.1, 0.15) is 20.3 Å². The van der Waals surface area contributed by atoms with E-state index in [0.717, 1.165) is 13.0 Å². The molecule has 0 aliphatic carbocycles. The van der Waals surface area contributed by atoms with E-state index < -0.39 is 6.10 Å². The van der Waals surface area contributed by atoms with E-state index in [-0.39, 0.29) is 17.8 Å². The molecule has 1 aromatic carbocycles. The highest BCUT2D eigenvalue weighted by molar-refractivity contribution is 5.81. The molecular formula is C15H20FNO3. The zero-order valence-corrected chi connectivity index (χ0v) is 11.8. The molecule has 0 bridgehead atoms. The molecule has 1 fully saturated rings. The topological polar surface area (TPSA) is 47.6 Å². The van der Waals surface area contributed by atoms with Crippen molar-refractivity contribution < 1.29 is 18.7 Å². The quantitative estimate of drug-likeness (QED) is 0.899. The van der Waals surface area contributed by atoms with Gasteiger partial charge in [0.15, 0.2) is 6.10 Å². The highest BCUT2D eigenvalue weighted by Crippen LogP contribution is 2.17. The molecule has 5 heteroatoms. The number of hydrogen-bond donors (Lipinski definition) is 1. The minimum atomic E-state index is -0.665. The van der Waals surface area contributed by atoms with E-state index in [0.29, 0.717) is 18.3 Å². The summed E-state index contributed by atoms with van der Waals surface area (Å²) in [5.74, 6) is 0.116. The predicted molar refractivity (Wildman–Crippen MR) is 73.0 cm³/mol. The largest absolute Gasteiger partial charge is 0.481 e. The molecule has 0 radical (unpaired) electrons. The number of rotatable bonds is 5. The van der Waals surface area contributed by atoms with Crippen LogP contribution < -0.4 is 10.1 Å². The lowest BCUT2D eigenvalue weighted by Crippen LogP contribution is -2.44. The molecule has 1 aliphatic heterocycles. The Bertz CT molecular complexity index is 460. The van der Waals surface area contributed by atoms with Crippen LogP contribution in [-0.2, 0) is 9.53 Å². The second-order valence-electron chi connectivity index (χ2n) is 5.14. The summed E-state index contributed by atoms with van der Waals surface area (Å²) in [7, 11) is 0. The minimum Gasteiger partial charge on any atom is -0.481 e. The zero-order chi connectivity index (χ0) is 14.5. The first kappa shape index (κ1) is 14.8. The summed E-state index contributed by atoms with van der Waals surface area (Å²) in [4.78, 5) is 12.0. The van der Waals surface area contributed by atoms with Crippen LogP contribution in [0.3, 0.4) is 0 Å². The molecule has 1 saturated heterocycles. The van der Waals surface area contributed by atoms with Crippen LogP contribution in [0.15, 0.2) is 24.3 Å². The Morgan fingerprint density at radius 3 is 2.95 bits per heavy atom. The van der Waals surface area contributed by atoms with Gasteiger partial charge in [0.05, 0.1) is 6.61 Å². The highest BCUT2D eigenvalue weighted by Gasteiger charge is 2.25. The van der Waals surface area contributed by atoms with E-state index >= 15 is 0 Å². The van der Waals surface area contributed by atoms with E-state index in [1.165, 1.54) is 12.1 Å². The molecule has 0 aromatic heterocycles. The van der Waals surface area contributed by atoms with Gasteiger partial charge in [0.1, 0.15) is 11.6 Å². The Kier molecular flexibility index (Phi) is 4.95. The van der Waals surface area contributed by atoms with Crippen molar-refractivity contribution in [3.05, 3.63) is 30.1 Å². The maximum atomic E-state index is 13.0. The van der Waals surface area contributed by atoms with Crippen LogP contribution in [0, 0.1) is 11.7 Å². The van der Waals surface area contributed by atoms with Crippen molar-refractivity contribution in [2.75, 3.05) is 13.2 Å². The Morgan fingerprint density at radius 1 is 1.50 bits per heavy atom. The summed E-state index contributed by atoms with van der Waals surface area (Å²) in [6.07, 6.45) is 0.294. The predicted octanol–water partition coefficient (Wildman–Crippen LogP) is 2.13. The third kappa shape index (κ3) is 3.93. The summed E-state index contributed by atoms with van der Waals surface area (Å²) < 4.78 is 23.8. The van der Waals surface area contributed by atoms with Gasteiger partial charge in [-0.15, -0.1) is 0 Å². The van der Waals surface area contributed by atoms with E-state index in [1.807, 2.05) is 6.92 Å². The van der Waals surface area contributed by atoms with E-state index in [1.54, 1.807) is 19.1 Å². The summed E-state index contributed by atoms with van der Waals surface area (Å²) in [5, 5.41) is 2.92. The van der Waals surface area contributed by atoms with Crippen molar-refractivity contribution in [2.24, 2.45) is 5.92 Å². The van der Waals surface area contributed by atoms with E-state index in [9.17, 15) is 9.18 Å². The molecule has 2 rings (SSSR count). The first-order valence-corrected chi connectivity index (χ1v) is 6.86. The number of benzene rings is 1. The van der Waals surface area contributed by atoms with Gasteiger partial charge in [-0.05, 0) is 32.4 Å². The van der Waals surface area contributed by atoms with Crippen LogP contribution in [-0.4, -0.2) is 31.3 Å². The summed E-state index contributed by atoms with van der Waals surface area (Å²) >= 11 is 0. The molecular weight excluding hydrogens is 261 g/mol. The Labute approximate surface area is 118 Å². The van der Waals surface area contributed by atoms with Crippen molar-refractivity contribution in [2.45, 2.75) is 32.4 Å². The van der Waals surface area contributed by atoms with Gasteiger partial charge >= 0.3 is 0 Å². The Morgan fingerprint density at radius 2 is 2.30 bits per heavy atom. The maximum Gasteiger partial charge on any atom is 0.260 e. The SMILES string of the molecule is C[C@H](Oc1cccc(F)c1)C(=O)N[C@H](C)[C@H]1CCOC1. The minimum absolute atomic E-state index is 0.0450. The lowest BCUT2D eigenvalue weighted by Gasteiger charge is -2.22. The maximum absolute atomic E-state index is 13.0. The number of ether oxygens (including phenoxy) is 2. The molecule has 1 N–H and O–H groups in total. The molecule has 1 amide bonds. The third-order valence-corrected chi connectivity index (χ3v) is 3.52. The fourth-order valence-electron chi connectivity index (χ4n) is 2.20. The molecule has 110 valence electrons. The van der Waals surface area contributed by atoms with Crippen molar-refractivity contribution >= 4 is 5.91 Å². The first-order valence-electron chi connectivity index (χ1n) is 6.86. The average molecular weight is 281 g/mol. The molecule has 20 heavy (non-hydrogen) atoms. The fraction of sp³-hybridized carbons (Fsp3) is 0.533. The number of nitrogens with one attached hydrogen (secondary N) is 1. The van der Waals surface area contributed by atoms with Gasteiger partial charge in [0.2, 0.25) is 0 Å². The lowest BCUT2D eigenvalue weighted by molar-refractivity contribution is -0.128. The van der Waals surface area contributed by atoms with Gasteiger partial charge < -0.3 is 14.8 Å². The number of carbonyl (C=O) groups is 1. The van der Waals surface area contributed by atoms with Crippen LogP contribution in [0.25, 0.3) is 0 Å². The molecule has 1 aromatic rings. The normalized spacial score (nSPS) is 21.2. The fourth-order valence-corrected chi connectivity index (χ4v) is 2.20. The molecule has 0 saturated carbocycles. The van der Waals surface area contributed by atoms with Crippen LogP contribution in [0.4, 0.5) is 4.39 Å². The van der Waals surface area contributed by atoms with Gasteiger partial charge in [-0.25, -0.2) is 4.39 Å². The molecule has 0 spiro atoms. The van der Waals surface area contributed by atoms with Crippen molar-refractivity contribution in [3.8, 4) is 5.75 Å². The van der Waals surface area contributed by atoms with E-state index in [4.69, 9.17) is 9.47 Å². The number of amides is 1. The third-order valence-electron chi connectivity index (χ3n) is 3.52. The van der Waals surface area contributed by atoms with Crippen molar-refractivity contribution in [3.63, 3.8) is 0 Å². The summed E-state index contributed by atoms with van der Waals surface area (Å²) in [5.41, 5.74) is 0. The van der Waals surface area contributed by atoms with Gasteiger partial charge in [0, 0.05) is 24.6 Å². The van der Waals surface area contributed by atoms with E-state index in [2.05, 4.69) is 5.32 Å². The highest BCUT2D eigenvalue weighted by atomic mass is 19.1. The monoisotopic (exact) mass is 281 g/mol. The number of hydrogen-bond acceptors (Lipinski definition) is 3. The van der Waals surface area contributed by atoms with Gasteiger partial charge in [0.25, 0.3) is 5.91 Å². The summed E-state index contributed by atoms with van der Waals surface area (Å²) in [6, 6.07) is 5.82. The van der Waals surface area contributed by atoms with Gasteiger partial charge in [-0.2, -0.15) is 0 Å². The zero-order valence-electron chi connectivity index (χ0n) is 11.8. The van der Waals surface area contributed by atoms with Crippen LogP contribution in [0.2, 0.25) is 0 Å². The molecule has 3 atom stereocenters. The van der Waals surface area contributed by atoms with Crippen molar-refractivity contribution in [1.29, 1.82) is 0 Å². The second-order valence-corrected chi connectivity index (χ2v) is 5.14. The molecule has 0 unspecified atom stereocenters. The molecule has 1 heterocycles. The first-order chi connectivity index (χ1) is 9.56. The van der Waals surface area contributed by atoms with Crippen molar-refractivity contribution in [1.82, 2.24) is 5.32 Å².